The van der Waals surface area contributed by atoms with E-state index < -0.39 is 0 Å². The number of nitrogens with one attached hydrogen (secondary N) is 1. The fourth-order valence-corrected chi connectivity index (χ4v) is 2.15. The van der Waals surface area contributed by atoms with E-state index in [1.54, 1.807) is 0 Å². The van der Waals surface area contributed by atoms with Crippen LogP contribution in [-0.2, 0) is 9.47 Å². The molecule has 4 nitrogen and oxygen atoms in total. The van der Waals surface area contributed by atoms with Gasteiger partial charge in [-0.15, -0.1) is 0 Å². The van der Waals surface area contributed by atoms with Crippen LogP contribution in [0, 0.1) is 13.8 Å². The van der Waals surface area contributed by atoms with Crippen molar-refractivity contribution < 1.29 is 14.3 Å². The second-order valence-corrected chi connectivity index (χ2v) is 4.66. The summed E-state index contributed by atoms with van der Waals surface area (Å²) in [6.07, 6.45) is 1.00. The van der Waals surface area contributed by atoms with E-state index >= 15 is 0 Å². The fourth-order valence-electron chi connectivity index (χ4n) is 2.15. The molecule has 4 heteroatoms. The zero-order valence-electron chi connectivity index (χ0n) is 11.1. The first-order valence-corrected chi connectivity index (χ1v) is 6.15. The Labute approximate surface area is 107 Å². The van der Waals surface area contributed by atoms with Crippen molar-refractivity contribution in [3.8, 4) is 0 Å². The Bertz CT molecular complexity index is 451. The molecule has 1 aromatic rings. The van der Waals surface area contributed by atoms with Crippen LogP contribution in [0.4, 0.5) is 5.69 Å². The van der Waals surface area contributed by atoms with E-state index in [-0.39, 0.29) is 5.97 Å². The number of hydrogen-bond donors (Lipinski definition) is 1. The summed E-state index contributed by atoms with van der Waals surface area (Å²) in [5, 5.41) is 3.40. The maximum absolute atomic E-state index is 11.7. The maximum Gasteiger partial charge on any atom is 0.338 e. The predicted molar refractivity (Wildman–Crippen MR) is 70.1 cm³/mol. The molecule has 2 rings (SSSR count). The first-order chi connectivity index (χ1) is 8.61. The van der Waals surface area contributed by atoms with Gasteiger partial charge in [-0.1, -0.05) is 0 Å². The van der Waals surface area contributed by atoms with Gasteiger partial charge in [-0.25, -0.2) is 4.79 Å². The molecule has 0 aromatic heterocycles. The normalized spacial score (nSPS) is 18.7. The first-order valence-electron chi connectivity index (χ1n) is 6.15. The molecule has 1 aliphatic heterocycles. The zero-order chi connectivity index (χ0) is 13.1. The van der Waals surface area contributed by atoms with Crippen molar-refractivity contribution in [2.45, 2.75) is 26.3 Å². The van der Waals surface area contributed by atoms with Gasteiger partial charge in [0.05, 0.1) is 25.3 Å². The molecule has 0 bridgehead atoms. The van der Waals surface area contributed by atoms with Crippen LogP contribution in [0.2, 0.25) is 0 Å². The lowest BCUT2D eigenvalue weighted by molar-refractivity contribution is 0.0600. The van der Waals surface area contributed by atoms with Crippen molar-refractivity contribution in [1.82, 2.24) is 0 Å². The van der Waals surface area contributed by atoms with E-state index in [1.807, 2.05) is 19.9 Å². The molecular formula is C14H19NO3. The zero-order valence-corrected chi connectivity index (χ0v) is 11.1. The van der Waals surface area contributed by atoms with Crippen LogP contribution in [0.1, 0.15) is 27.9 Å². The van der Waals surface area contributed by atoms with Gasteiger partial charge in [0.1, 0.15) is 0 Å². The number of methoxy groups -OCH3 is 1. The van der Waals surface area contributed by atoms with Crippen molar-refractivity contribution in [3.63, 3.8) is 0 Å². The standard InChI is InChI=1S/C14H19NO3/c1-9-6-12(15-11-4-5-18-8-11)7-13(10(9)2)14(16)17-3/h6-7,11,15H,4-5,8H2,1-3H3. The second-order valence-electron chi connectivity index (χ2n) is 4.66. The Morgan fingerprint density at radius 2 is 2.22 bits per heavy atom. The van der Waals surface area contributed by atoms with Crippen LogP contribution in [0.15, 0.2) is 12.1 Å². The Hall–Kier alpha value is -1.55. The third-order valence-corrected chi connectivity index (χ3v) is 3.37. The van der Waals surface area contributed by atoms with Gasteiger partial charge in [0.25, 0.3) is 0 Å². The minimum absolute atomic E-state index is 0.290. The van der Waals surface area contributed by atoms with Gasteiger partial charge < -0.3 is 14.8 Å². The lowest BCUT2D eigenvalue weighted by atomic mass is 10.0. The number of carbonyl (C=O) groups is 1. The number of rotatable bonds is 3. The van der Waals surface area contributed by atoms with E-state index in [0.29, 0.717) is 11.6 Å². The summed E-state index contributed by atoms with van der Waals surface area (Å²) < 4.78 is 10.1. The number of esters is 1. The van der Waals surface area contributed by atoms with Gasteiger partial charge in [0.15, 0.2) is 0 Å². The summed E-state index contributed by atoms with van der Waals surface area (Å²) >= 11 is 0. The third-order valence-electron chi connectivity index (χ3n) is 3.37. The largest absolute Gasteiger partial charge is 0.465 e. The molecule has 1 saturated heterocycles. The quantitative estimate of drug-likeness (QED) is 0.835. The molecule has 1 atom stereocenters. The topological polar surface area (TPSA) is 47.6 Å². The molecule has 0 spiro atoms. The molecule has 1 aliphatic rings. The molecule has 0 amide bonds. The summed E-state index contributed by atoms with van der Waals surface area (Å²) in [7, 11) is 1.40. The summed E-state index contributed by atoms with van der Waals surface area (Å²) in [6, 6.07) is 4.24. The van der Waals surface area contributed by atoms with Crippen LogP contribution in [0.3, 0.4) is 0 Å². The van der Waals surface area contributed by atoms with Gasteiger partial charge >= 0.3 is 5.97 Å². The van der Waals surface area contributed by atoms with Crippen molar-refractivity contribution in [3.05, 3.63) is 28.8 Å². The fraction of sp³-hybridized carbons (Fsp3) is 0.500. The van der Waals surface area contributed by atoms with Crippen LogP contribution in [0.5, 0.6) is 0 Å². The lowest BCUT2D eigenvalue weighted by Gasteiger charge is -2.15. The number of ether oxygens (including phenoxy) is 2. The van der Waals surface area contributed by atoms with E-state index in [1.165, 1.54) is 7.11 Å². The summed E-state index contributed by atoms with van der Waals surface area (Å²) in [5.41, 5.74) is 3.63. The molecule has 0 aliphatic carbocycles. The van der Waals surface area contributed by atoms with Crippen LogP contribution in [0.25, 0.3) is 0 Å². The molecule has 1 fully saturated rings. The summed E-state index contributed by atoms with van der Waals surface area (Å²) in [5.74, 6) is -0.290. The van der Waals surface area contributed by atoms with Crippen molar-refractivity contribution in [1.29, 1.82) is 0 Å². The average Bonchev–Trinajstić information content (AvgIpc) is 2.85. The highest BCUT2D eigenvalue weighted by Gasteiger charge is 2.17. The van der Waals surface area contributed by atoms with Crippen LogP contribution >= 0.6 is 0 Å². The Kier molecular flexibility index (Phi) is 3.87. The average molecular weight is 249 g/mol. The lowest BCUT2D eigenvalue weighted by Crippen LogP contribution is -2.19. The number of aryl methyl sites for hydroxylation is 1. The van der Waals surface area contributed by atoms with Gasteiger partial charge in [-0.05, 0) is 43.5 Å². The molecule has 1 unspecified atom stereocenters. The monoisotopic (exact) mass is 249 g/mol. The smallest absolute Gasteiger partial charge is 0.338 e. The summed E-state index contributed by atoms with van der Waals surface area (Å²) in [4.78, 5) is 11.7. The summed E-state index contributed by atoms with van der Waals surface area (Å²) in [6.45, 7) is 5.45. The minimum atomic E-state index is -0.290. The second kappa shape index (κ2) is 5.40. The number of hydrogen-bond acceptors (Lipinski definition) is 4. The number of carbonyl (C=O) groups excluding carboxylic acids is 1. The van der Waals surface area contributed by atoms with Gasteiger partial charge in [0, 0.05) is 12.3 Å². The first kappa shape index (κ1) is 12.9. The Morgan fingerprint density at radius 1 is 1.44 bits per heavy atom. The van der Waals surface area contributed by atoms with Crippen molar-refractivity contribution in [2.24, 2.45) is 0 Å². The highest BCUT2D eigenvalue weighted by molar-refractivity contribution is 5.92. The predicted octanol–water partition coefficient (Wildman–Crippen LogP) is 2.29. The van der Waals surface area contributed by atoms with E-state index in [2.05, 4.69) is 11.4 Å². The third kappa shape index (κ3) is 2.64. The maximum atomic E-state index is 11.7. The van der Waals surface area contributed by atoms with E-state index in [0.717, 1.165) is 36.4 Å². The Morgan fingerprint density at radius 3 is 2.83 bits per heavy atom. The molecule has 98 valence electrons. The Balaban J connectivity index is 2.25. The molecule has 1 N–H and O–H groups in total. The molecular weight excluding hydrogens is 230 g/mol. The molecule has 18 heavy (non-hydrogen) atoms. The van der Waals surface area contributed by atoms with E-state index in [9.17, 15) is 4.79 Å². The molecule has 1 aromatic carbocycles. The van der Waals surface area contributed by atoms with Crippen molar-refractivity contribution >= 4 is 11.7 Å². The number of benzene rings is 1. The van der Waals surface area contributed by atoms with Crippen molar-refractivity contribution in [2.75, 3.05) is 25.6 Å². The minimum Gasteiger partial charge on any atom is -0.465 e. The van der Waals surface area contributed by atoms with Gasteiger partial charge in [0.2, 0.25) is 0 Å². The van der Waals surface area contributed by atoms with Gasteiger partial charge in [-0.3, -0.25) is 0 Å². The molecule has 0 radical (unpaired) electrons. The van der Waals surface area contributed by atoms with Crippen LogP contribution in [-0.4, -0.2) is 32.3 Å². The molecule has 0 saturated carbocycles. The molecule has 1 heterocycles. The van der Waals surface area contributed by atoms with E-state index in [4.69, 9.17) is 9.47 Å². The highest BCUT2D eigenvalue weighted by atomic mass is 16.5. The highest BCUT2D eigenvalue weighted by Crippen LogP contribution is 2.22. The number of anilines is 1. The van der Waals surface area contributed by atoms with Crippen LogP contribution < -0.4 is 5.32 Å². The SMILES string of the molecule is COC(=O)c1cc(NC2CCOC2)cc(C)c1C. The van der Waals surface area contributed by atoms with Gasteiger partial charge in [-0.2, -0.15) is 0 Å².